The zero-order valence-electron chi connectivity index (χ0n) is 19.3. The first-order valence-electron chi connectivity index (χ1n) is 11.4. The third kappa shape index (κ3) is 4.91. The molecular formula is C24H28N6O2S2. The van der Waals surface area contributed by atoms with Crippen LogP contribution in [0.3, 0.4) is 0 Å². The van der Waals surface area contributed by atoms with Crippen LogP contribution in [-0.4, -0.2) is 54.0 Å². The fourth-order valence-electron chi connectivity index (χ4n) is 4.12. The van der Waals surface area contributed by atoms with E-state index >= 15 is 0 Å². The molecule has 0 unspecified atom stereocenters. The summed E-state index contributed by atoms with van der Waals surface area (Å²) in [6, 6.07) is 6.37. The predicted molar refractivity (Wildman–Crippen MR) is 139 cm³/mol. The normalized spacial score (nSPS) is 13.4. The maximum Gasteiger partial charge on any atom is 0.226 e. The van der Waals surface area contributed by atoms with Gasteiger partial charge in [0.1, 0.15) is 10.0 Å². The summed E-state index contributed by atoms with van der Waals surface area (Å²) >= 11 is 3.35. The second kappa shape index (κ2) is 10.3. The van der Waals surface area contributed by atoms with Gasteiger partial charge in [0.15, 0.2) is 0 Å². The van der Waals surface area contributed by atoms with Crippen molar-refractivity contribution in [2.75, 3.05) is 38.7 Å². The number of hydrogen-bond donors (Lipinski definition) is 3. The number of anilines is 1. The summed E-state index contributed by atoms with van der Waals surface area (Å²) in [5.41, 5.74) is 5.54. The minimum Gasteiger partial charge on any atom is -0.383 e. The number of amides is 1. The number of ether oxygens (including phenoxy) is 1. The maximum absolute atomic E-state index is 12.7. The van der Waals surface area contributed by atoms with Crippen LogP contribution in [0.4, 0.5) is 5.00 Å². The largest absolute Gasteiger partial charge is 0.383 e. The minimum atomic E-state index is 0.0118. The molecule has 178 valence electrons. The Bertz CT molecular complexity index is 1310. The highest BCUT2D eigenvalue weighted by Crippen LogP contribution is 2.45. The standard InChI is InChI=1S/C24H28N6O2S2/c1-30-14-16(12-27-30)15-3-4-19-18(11-15)28-23(33-19)22-17-5-7-26-13-20(17)34-24(22)29-21(31)6-8-25-9-10-32-2/h3-4,11-12,14,25-26H,5-10,13H2,1-2H3,(H,29,31). The molecule has 0 bridgehead atoms. The van der Waals surface area contributed by atoms with Gasteiger partial charge in [-0.1, -0.05) is 6.07 Å². The number of methoxy groups -OCH3 is 1. The number of nitrogens with one attached hydrogen (secondary N) is 3. The van der Waals surface area contributed by atoms with Crippen molar-refractivity contribution in [2.45, 2.75) is 19.4 Å². The summed E-state index contributed by atoms with van der Waals surface area (Å²) in [5, 5.41) is 16.0. The molecule has 3 aromatic heterocycles. The lowest BCUT2D eigenvalue weighted by Gasteiger charge is -2.13. The smallest absolute Gasteiger partial charge is 0.226 e. The summed E-state index contributed by atoms with van der Waals surface area (Å²) in [5.74, 6) is 0.0118. The average molecular weight is 497 g/mol. The van der Waals surface area contributed by atoms with Gasteiger partial charge in [-0.15, -0.1) is 22.7 Å². The van der Waals surface area contributed by atoms with E-state index in [0.29, 0.717) is 19.6 Å². The molecule has 1 aliphatic rings. The van der Waals surface area contributed by atoms with Gasteiger partial charge in [0.2, 0.25) is 5.91 Å². The van der Waals surface area contributed by atoms with Crippen molar-refractivity contribution in [2.24, 2.45) is 7.05 Å². The molecular weight excluding hydrogens is 468 g/mol. The molecule has 3 N–H and O–H groups in total. The van der Waals surface area contributed by atoms with Gasteiger partial charge in [-0.05, 0) is 36.2 Å². The van der Waals surface area contributed by atoms with Crippen molar-refractivity contribution in [1.82, 2.24) is 25.4 Å². The molecule has 10 heteroatoms. The van der Waals surface area contributed by atoms with Crippen molar-refractivity contribution in [1.29, 1.82) is 0 Å². The van der Waals surface area contributed by atoms with E-state index in [1.54, 1.807) is 34.5 Å². The van der Waals surface area contributed by atoms with E-state index in [-0.39, 0.29) is 5.91 Å². The van der Waals surface area contributed by atoms with Crippen LogP contribution in [0.15, 0.2) is 30.6 Å². The number of nitrogens with zero attached hydrogens (tertiary/aromatic N) is 3. The van der Waals surface area contributed by atoms with Gasteiger partial charge < -0.3 is 20.7 Å². The summed E-state index contributed by atoms with van der Waals surface area (Å²) in [6.45, 7) is 3.76. The van der Waals surface area contributed by atoms with Crippen molar-refractivity contribution in [3.8, 4) is 21.7 Å². The minimum absolute atomic E-state index is 0.0118. The summed E-state index contributed by atoms with van der Waals surface area (Å²) in [4.78, 5) is 19.0. The third-order valence-corrected chi connectivity index (χ3v) is 8.03. The highest BCUT2D eigenvalue weighted by Gasteiger charge is 2.25. The number of thiophene rings is 1. The van der Waals surface area contributed by atoms with Gasteiger partial charge in [-0.3, -0.25) is 9.48 Å². The molecule has 8 nitrogen and oxygen atoms in total. The van der Waals surface area contributed by atoms with Crippen LogP contribution >= 0.6 is 22.7 Å². The van der Waals surface area contributed by atoms with Crippen LogP contribution in [-0.2, 0) is 29.5 Å². The number of benzene rings is 1. The molecule has 1 aliphatic heterocycles. The highest BCUT2D eigenvalue weighted by atomic mass is 32.1. The van der Waals surface area contributed by atoms with E-state index in [1.165, 1.54) is 10.4 Å². The number of carbonyl (C=O) groups excluding carboxylic acids is 1. The molecule has 0 saturated carbocycles. The number of aromatic nitrogens is 3. The van der Waals surface area contributed by atoms with Crippen molar-refractivity contribution in [3.05, 3.63) is 41.0 Å². The number of fused-ring (bicyclic) bond motifs is 2. The molecule has 4 aromatic rings. The summed E-state index contributed by atoms with van der Waals surface area (Å²) in [7, 11) is 3.59. The quantitative estimate of drug-likeness (QED) is 0.307. The van der Waals surface area contributed by atoms with Gasteiger partial charge in [-0.2, -0.15) is 5.10 Å². The van der Waals surface area contributed by atoms with Crippen LogP contribution < -0.4 is 16.0 Å². The zero-order chi connectivity index (χ0) is 23.5. The number of aryl methyl sites for hydroxylation is 1. The van der Waals surface area contributed by atoms with Crippen molar-refractivity contribution in [3.63, 3.8) is 0 Å². The SMILES string of the molecule is COCCNCCC(=O)Nc1sc2c(c1-c1nc3cc(-c4cnn(C)c4)ccc3s1)CCNC2. The van der Waals surface area contributed by atoms with Crippen molar-refractivity contribution < 1.29 is 9.53 Å². The molecule has 1 amide bonds. The monoisotopic (exact) mass is 496 g/mol. The van der Waals surface area contributed by atoms with Gasteiger partial charge in [0.05, 0.1) is 23.0 Å². The van der Waals surface area contributed by atoms with Crippen LogP contribution in [0.25, 0.3) is 31.9 Å². The fourth-order valence-corrected chi connectivity index (χ4v) is 6.45. The predicted octanol–water partition coefficient (Wildman–Crippen LogP) is 3.64. The summed E-state index contributed by atoms with van der Waals surface area (Å²) in [6.07, 6.45) is 5.23. The Balaban J connectivity index is 1.43. The van der Waals surface area contributed by atoms with Gasteiger partial charge in [0, 0.05) is 62.4 Å². The molecule has 0 aliphatic carbocycles. The van der Waals surface area contributed by atoms with Crippen LogP contribution in [0.2, 0.25) is 0 Å². The van der Waals surface area contributed by atoms with Crippen LogP contribution in [0, 0.1) is 0 Å². The van der Waals surface area contributed by atoms with Gasteiger partial charge >= 0.3 is 0 Å². The van der Waals surface area contributed by atoms with Crippen LogP contribution in [0.1, 0.15) is 16.9 Å². The summed E-state index contributed by atoms with van der Waals surface area (Å²) < 4.78 is 7.98. The number of hydrogen-bond acceptors (Lipinski definition) is 8. The average Bonchev–Trinajstić information content (AvgIpc) is 3.54. The first-order chi connectivity index (χ1) is 16.6. The second-order valence-corrected chi connectivity index (χ2v) is 10.4. The van der Waals surface area contributed by atoms with Crippen LogP contribution in [0.5, 0.6) is 0 Å². The molecule has 0 radical (unpaired) electrons. The van der Waals surface area contributed by atoms with Gasteiger partial charge in [-0.25, -0.2) is 4.98 Å². The lowest BCUT2D eigenvalue weighted by molar-refractivity contribution is -0.116. The molecule has 4 heterocycles. The molecule has 5 rings (SSSR count). The van der Waals surface area contributed by atoms with Crippen molar-refractivity contribution >= 4 is 43.8 Å². The highest BCUT2D eigenvalue weighted by molar-refractivity contribution is 7.23. The van der Waals surface area contributed by atoms with E-state index in [0.717, 1.165) is 63.0 Å². The van der Waals surface area contributed by atoms with E-state index in [4.69, 9.17) is 9.72 Å². The topological polar surface area (TPSA) is 93.1 Å². The Hall–Kier alpha value is -2.63. The Labute approximate surface area is 206 Å². The zero-order valence-corrected chi connectivity index (χ0v) is 20.9. The first-order valence-corrected chi connectivity index (χ1v) is 13.0. The molecule has 1 aromatic carbocycles. The van der Waals surface area contributed by atoms with E-state index in [1.807, 2.05) is 19.4 Å². The Kier molecular flexibility index (Phi) is 7.02. The number of carbonyl (C=O) groups is 1. The lowest BCUT2D eigenvalue weighted by atomic mass is 10.0. The maximum atomic E-state index is 12.7. The molecule has 0 atom stereocenters. The molecule has 0 spiro atoms. The lowest BCUT2D eigenvalue weighted by Crippen LogP contribution is -2.24. The Morgan fingerprint density at radius 2 is 2.18 bits per heavy atom. The fraction of sp³-hybridized carbons (Fsp3) is 0.375. The molecule has 0 saturated heterocycles. The van der Waals surface area contributed by atoms with E-state index in [2.05, 4.69) is 39.2 Å². The Morgan fingerprint density at radius 1 is 1.26 bits per heavy atom. The number of rotatable bonds is 9. The first kappa shape index (κ1) is 23.1. The molecule has 0 fully saturated rings. The molecule has 34 heavy (non-hydrogen) atoms. The second-order valence-electron chi connectivity index (χ2n) is 8.28. The van der Waals surface area contributed by atoms with E-state index in [9.17, 15) is 4.79 Å². The van der Waals surface area contributed by atoms with Gasteiger partial charge in [0.25, 0.3) is 0 Å². The third-order valence-electron chi connectivity index (χ3n) is 5.83. The Morgan fingerprint density at radius 3 is 3.00 bits per heavy atom. The number of thiazole rings is 1. The van der Waals surface area contributed by atoms with E-state index < -0.39 is 0 Å².